The quantitative estimate of drug-likeness (QED) is 0.227. The molecule has 206 valence electrons. The van der Waals surface area contributed by atoms with Gasteiger partial charge in [-0.25, -0.2) is 0 Å². The molecular formula is C31H26ClN5O3S. The van der Waals surface area contributed by atoms with E-state index >= 15 is 0 Å². The first-order chi connectivity index (χ1) is 20.0. The molecule has 0 spiro atoms. The van der Waals surface area contributed by atoms with Gasteiger partial charge in [0.15, 0.2) is 0 Å². The Kier molecular flexibility index (Phi) is 7.89. The summed E-state index contributed by atoms with van der Waals surface area (Å²) in [6.07, 6.45) is 0. The van der Waals surface area contributed by atoms with Crippen molar-refractivity contribution in [2.45, 2.75) is 5.22 Å². The Labute approximate surface area is 246 Å². The predicted molar refractivity (Wildman–Crippen MR) is 163 cm³/mol. The van der Waals surface area contributed by atoms with Crippen LogP contribution in [0.25, 0.3) is 22.2 Å². The molecular weight excluding hydrogens is 558 g/mol. The number of anilines is 2. The lowest BCUT2D eigenvalue weighted by Crippen LogP contribution is -2.48. The average molecular weight is 584 g/mol. The number of carbonyl (C=O) groups excluding carboxylic acids is 2. The van der Waals surface area contributed by atoms with Crippen molar-refractivity contribution in [3.05, 3.63) is 102 Å². The molecule has 4 aromatic carbocycles. The van der Waals surface area contributed by atoms with Crippen LogP contribution in [0, 0.1) is 0 Å². The molecule has 0 saturated carbocycles. The molecule has 1 fully saturated rings. The molecule has 1 saturated heterocycles. The Morgan fingerprint density at radius 1 is 0.854 bits per heavy atom. The van der Waals surface area contributed by atoms with E-state index in [0.29, 0.717) is 40.5 Å². The smallest absolute Gasteiger partial charge is 0.277 e. The normalized spacial score (nSPS) is 13.4. The number of fused-ring (bicyclic) bond motifs is 1. The van der Waals surface area contributed by atoms with Crippen molar-refractivity contribution in [3.63, 3.8) is 0 Å². The Bertz CT molecular complexity index is 1680. The zero-order chi connectivity index (χ0) is 28.2. The Balaban J connectivity index is 0.991. The summed E-state index contributed by atoms with van der Waals surface area (Å²) in [6, 6.07) is 28.7. The minimum absolute atomic E-state index is 0.0163. The van der Waals surface area contributed by atoms with E-state index in [2.05, 4.69) is 20.4 Å². The summed E-state index contributed by atoms with van der Waals surface area (Å²) in [7, 11) is 0. The summed E-state index contributed by atoms with van der Waals surface area (Å²) >= 11 is 7.14. The fraction of sp³-hybridized carbons (Fsp3) is 0.161. The van der Waals surface area contributed by atoms with Crippen LogP contribution in [0.3, 0.4) is 0 Å². The molecule has 1 aromatic heterocycles. The van der Waals surface area contributed by atoms with Gasteiger partial charge in [0.05, 0.1) is 5.75 Å². The topological polar surface area (TPSA) is 91.6 Å². The molecule has 0 aliphatic carbocycles. The maximum Gasteiger partial charge on any atom is 0.277 e. The van der Waals surface area contributed by atoms with Crippen LogP contribution in [0.4, 0.5) is 11.4 Å². The summed E-state index contributed by atoms with van der Waals surface area (Å²) in [4.78, 5) is 29.4. The molecule has 8 nitrogen and oxygen atoms in total. The number of hydrogen-bond donors (Lipinski definition) is 1. The number of halogens is 1. The van der Waals surface area contributed by atoms with Crippen LogP contribution in [-0.2, 0) is 4.79 Å². The standard InChI is InChI=1S/C31H26ClN5O3S/c32-23-10-8-22(9-11-23)30(39)37-18-16-36(17-19-37)25-14-12-24(13-15-25)33-28(38)20-41-31-35-34-29(40-31)27-7-3-5-21-4-1-2-6-26(21)27/h1-15H,16-20H2,(H,33,38). The summed E-state index contributed by atoms with van der Waals surface area (Å²) in [6.45, 7) is 2.73. The van der Waals surface area contributed by atoms with Crippen molar-refractivity contribution < 1.29 is 14.0 Å². The van der Waals surface area contributed by atoms with Gasteiger partial charge in [0.2, 0.25) is 11.8 Å². The molecule has 1 N–H and O–H groups in total. The van der Waals surface area contributed by atoms with Crippen molar-refractivity contribution in [3.8, 4) is 11.5 Å². The molecule has 41 heavy (non-hydrogen) atoms. The second kappa shape index (κ2) is 12.0. The largest absolute Gasteiger partial charge is 0.411 e. The second-order valence-electron chi connectivity index (χ2n) is 9.57. The van der Waals surface area contributed by atoms with E-state index in [0.717, 1.165) is 35.1 Å². The number of rotatable bonds is 7. The number of nitrogens with zero attached hydrogens (tertiary/aromatic N) is 4. The van der Waals surface area contributed by atoms with E-state index in [-0.39, 0.29) is 17.6 Å². The first-order valence-electron chi connectivity index (χ1n) is 13.2. The van der Waals surface area contributed by atoms with Gasteiger partial charge < -0.3 is 19.5 Å². The van der Waals surface area contributed by atoms with Gasteiger partial charge in [0.1, 0.15) is 0 Å². The Morgan fingerprint density at radius 2 is 1.59 bits per heavy atom. The zero-order valence-corrected chi connectivity index (χ0v) is 23.6. The van der Waals surface area contributed by atoms with Crippen LogP contribution in [-0.4, -0.2) is 58.8 Å². The molecule has 0 unspecified atom stereocenters. The van der Waals surface area contributed by atoms with E-state index in [1.165, 1.54) is 11.8 Å². The molecule has 0 bridgehead atoms. The van der Waals surface area contributed by atoms with Crippen LogP contribution in [0.2, 0.25) is 5.02 Å². The summed E-state index contributed by atoms with van der Waals surface area (Å²) in [5, 5.41) is 14.3. The SMILES string of the molecule is O=C(CSc1nnc(-c2cccc3ccccc23)o1)Nc1ccc(N2CCN(C(=O)c3ccc(Cl)cc3)CC2)cc1. The Morgan fingerprint density at radius 3 is 2.37 bits per heavy atom. The number of benzene rings is 4. The number of hydrogen-bond acceptors (Lipinski definition) is 7. The third-order valence-electron chi connectivity index (χ3n) is 6.93. The number of piperazine rings is 1. The highest BCUT2D eigenvalue weighted by molar-refractivity contribution is 7.99. The Hall–Kier alpha value is -4.34. The number of aromatic nitrogens is 2. The lowest BCUT2D eigenvalue weighted by atomic mass is 10.0. The van der Waals surface area contributed by atoms with Gasteiger partial charge in [0.25, 0.3) is 11.1 Å². The molecule has 6 rings (SSSR count). The molecule has 2 amide bonds. The van der Waals surface area contributed by atoms with Crippen LogP contribution in [0.15, 0.2) is 101 Å². The summed E-state index contributed by atoms with van der Waals surface area (Å²) in [5.74, 6) is 0.419. The van der Waals surface area contributed by atoms with Crippen molar-refractivity contribution >= 4 is 57.3 Å². The molecule has 0 radical (unpaired) electrons. The monoisotopic (exact) mass is 583 g/mol. The highest BCUT2D eigenvalue weighted by Gasteiger charge is 2.22. The van der Waals surface area contributed by atoms with Crippen molar-refractivity contribution in [1.82, 2.24) is 15.1 Å². The molecule has 0 atom stereocenters. The van der Waals surface area contributed by atoms with E-state index in [4.69, 9.17) is 16.0 Å². The average Bonchev–Trinajstić information content (AvgIpc) is 3.49. The first kappa shape index (κ1) is 26.9. The van der Waals surface area contributed by atoms with Crippen LogP contribution < -0.4 is 10.2 Å². The second-order valence-corrected chi connectivity index (χ2v) is 10.9. The minimum Gasteiger partial charge on any atom is -0.411 e. The lowest BCUT2D eigenvalue weighted by molar-refractivity contribution is -0.113. The molecule has 1 aliphatic rings. The van der Waals surface area contributed by atoms with Gasteiger partial charge in [0, 0.05) is 53.7 Å². The molecule has 1 aliphatic heterocycles. The van der Waals surface area contributed by atoms with E-state index < -0.39 is 0 Å². The third kappa shape index (κ3) is 6.21. The summed E-state index contributed by atoms with van der Waals surface area (Å²) in [5.41, 5.74) is 3.26. The fourth-order valence-electron chi connectivity index (χ4n) is 4.81. The van der Waals surface area contributed by atoms with E-state index in [1.807, 2.05) is 71.6 Å². The van der Waals surface area contributed by atoms with Gasteiger partial charge in [-0.3, -0.25) is 9.59 Å². The van der Waals surface area contributed by atoms with Gasteiger partial charge in [-0.15, -0.1) is 10.2 Å². The fourth-order valence-corrected chi connectivity index (χ4v) is 5.50. The molecule has 5 aromatic rings. The van der Waals surface area contributed by atoms with Crippen molar-refractivity contribution in [1.29, 1.82) is 0 Å². The maximum absolute atomic E-state index is 12.8. The highest BCUT2D eigenvalue weighted by atomic mass is 35.5. The van der Waals surface area contributed by atoms with Gasteiger partial charge in [-0.1, -0.05) is 59.8 Å². The van der Waals surface area contributed by atoms with Gasteiger partial charge in [-0.2, -0.15) is 0 Å². The van der Waals surface area contributed by atoms with Crippen molar-refractivity contribution in [2.75, 3.05) is 42.1 Å². The number of thioether (sulfide) groups is 1. The molecule has 2 heterocycles. The maximum atomic E-state index is 12.8. The van der Waals surface area contributed by atoms with Crippen LogP contribution in [0.1, 0.15) is 10.4 Å². The van der Waals surface area contributed by atoms with Crippen LogP contribution >= 0.6 is 23.4 Å². The van der Waals surface area contributed by atoms with E-state index in [9.17, 15) is 9.59 Å². The summed E-state index contributed by atoms with van der Waals surface area (Å²) < 4.78 is 5.84. The third-order valence-corrected chi connectivity index (χ3v) is 8.00. The van der Waals surface area contributed by atoms with Gasteiger partial charge in [-0.05, 0) is 65.4 Å². The first-order valence-corrected chi connectivity index (χ1v) is 14.5. The number of amides is 2. The van der Waals surface area contributed by atoms with Crippen LogP contribution in [0.5, 0.6) is 0 Å². The number of nitrogens with one attached hydrogen (secondary N) is 1. The molecule has 10 heteroatoms. The zero-order valence-electron chi connectivity index (χ0n) is 22.0. The van der Waals surface area contributed by atoms with Gasteiger partial charge >= 0.3 is 0 Å². The number of carbonyl (C=O) groups is 2. The minimum atomic E-state index is -0.165. The van der Waals surface area contributed by atoms with Crippen molar-refractivity contribution in [2.24, 2.45) is 0 Å². The van der Waals surface area contributed by atoms with E-state index in [1.54, 1.807) is 24.3 Å². The predicted octanol–water partition coefficient (Wildman–Crippen LogP) is 6.24. The lowest BCUT2D eigenvalue weighted by Gasteiger charge is -2.36. The highest BCUT2D eigenvalue weighted by Crippen LogP contribution is 2.29.